The summed E-state index contributed by atoms with van der Waals surface area (Å²) in [7, 11) is 0. The molecule has 0 radical (unpaired) electrons. The largest absolute Gasteiger partial charge is 0.494 e. The number of epoxide rings is 1. The first kappa shape index (κ1) is 36.6. The SMILES string of the molecule is CCOC(=O)C(C)c1cc(C(=O)OOC(=O)c2ccc(OCCCCCCCCOCCCCC3CO3)cc2)ccc1-c1ccccc1. The van der Waals surface area contributed by atoms with Gasteiger partial charge in [-0.1, -0.05) is 62.1 Å². The molecule has 2 unspecified atom stereocenters. The zero-order chi connectivity index (χ0) is 34.0. The van der Waals surface area contributed by atoms with Crippen molar-refractivity contribution in [3.05, 3.63) is 89.5 Å². The van der Waals surface area contributed by atoms with E-state index >= 15 is 0 Å². The van der Waals surface area contributed by atoms with Crippen molar-refractivity contribution in [3.8, 4) is 16.9 Å². The van der Waals surface area contributed by atoms with Crippen molar-refractivity contribution in [3.63, 3.8) is 0 Å². The highest BCUT2D eigenvalue weighted by molar-refractivity contribution is 5.94. The molecule has 258 valence electrons. The minimum atomic E-state index is -0.862. The molecule has 0 spiro atoms. The van der Waals surface area contributed by atoms with E-state index in [0.29, 0.717) is 24.0 Å². The average Bonchev–Trinajstić information content (AvgIpc) is 3.95. The van der Waals surface area contributed by atoms with E-state index < -0.39 is 23.8 Å². The summed E-state index contributed by atoms with van der Waals surface area (Å²) in [6.07, 6.45) is 10.7. The van der Waals surface area contributed by atoms with Crippen LogP contribution in [-0.2, 0) is 28.8 Å². The van der Waals surface area contributed by atoms with Crippen molar-refractivity contribution in [2.45, 2.75) is 83.7 Å². The van der Waals surface area contributed by atoms with Crippen molar-refractivity contribution in [2.75, 3.05) is 33.0 Å². The molecule has 0 saturated carbocycles. The minimum Gasteiger partial charge on any atom is -0.494 e. The Balaban J connectivity index is 1.13. The first-order valence-corrected chi connectivity index (χ1v) is 17.2. The number of unbranched alkanes of at least 4 members (excludes halogenated alkanes) is 6. The number of hydrogen-bond acceptors (Lipinski definition) is 9. The lowest BCUT2D eigenvalue weighted by Crippen LogP contribution is -2.16. The van der Waals surface area contributed by atoms with E-state index in [-0.39, 0.29) is 17.7 Å². The second kappa shape index (κ2) is 20.2. The fraction of sp³-hybridized carbons (Fsp3) is 0.462. The van der Waals surface area contributed by atoms with Gasteiger partial charge >= 0.3 is 17.9 Å². The van der Waals surface area contributed by atoms with Crippen LogP contribution in [0.25, 0.3) is 11.1 Å². The predicted octanol–water partition coefficient (Wildman–Crippen LogP) is 8.25. The summed E-state index contributed by atoms with van der Waals surface area (Å²) in [5.74, 6) is -2.08. The van der Waals surface area contributed by atoms with Crippen LogP contribution in [0.4, 0.5) is 0 Å². The van der Waals surface area contributed by atoms with Gasteiger partial charge in [-0.15, -0.1) is 0 Å². The van der Waals surface area contributed by atoms with Crippen molar-refractivity contribution in [2.24, 2.45) is 0 Å². The van der Waals surface area contributed by atoms with E-state index in [2.05, 4.69) is 0 Å². The molecule has 48 heavy (non-hydrogen) atoms. The number of rotatable bonds is 21. The van der Waals surface area contributed by atoms with Crippen LogP contribution >= 0.6 is 0 Å². The van der Waals surface area contributed by atoms with Crippen LogP contribution in [0.2, 0.25) is 0 Å². The van der Waals surface area contributed by atoms with Crippen LogP contribution in [0, 0.1) is 0 Å². The monoisotopic (exact) mass is 660 g/mol. The Morgan fingerprint density at radius 3 is 2.02 bits per heavy atom. The molecule has 0 bridgehead atoms. The molecule has 3 aromatic rings. The number of carbonyl (C=O) groups is 3. The summed E-state index contributed by atoms with van der Waals surface area (Å²) in [5, 5.41) is 0. The third-order valence-corrected chi connectivity index (χ3v) is 8.18. The topological polar surface area (TPSA) is 110 Å². The number of benzene rings is 3. The lowest BCUT2D eigenvalue weighted by molar-refractivity contribution is -0.187. The lowest BCUT2D eigenvalue weighted by Gasteiger charge is -2.17. The van der Waals surface area contributed by atoms with Crippen LogP contribution in [0.15, 0.2) is 72.8 Å². The fourth-order valence-electron chi connectivity index (χ4n) is 5.30. The first-order valence-electron chi connectivity index (χ1n) is 17.2. The second-order valence-electron chi connectivity index (χ2n) is 11.9. The Morgan fingerprint density at radius 1 is 0.750 bits per heavy atom. The van der Waals surface area contributed by atoms with Gasteiger partial charge in [0.05, 0.1) is 43.0 Å². The molecule has 3 aromatic carbocycles. The number of ether oxygens (including phenoxy) is 4. The molecule has 0 N–H and O–H groups in total. The molecule has 0 amide bonds. The van der Waals surface area contributed by atoms with Gasteiger partial charge in [0, 0.05) is 13.2 Å². The predicted molar refractivity (Wildman–Crippen MR) is 182 cm³/mol. The summed E-state index contributed by atoms with van der Waals surface area (Å²) >= 11 is 0. The highest BCUT2D eigenvalue weighted by Gasteiger charge is 2.24. The van der Waals surface area contributed by atoms with E-state index in [4.69, 9.17) is 28.7 Å². The van der Waals surface area contributed by atoms with E-state index in [0.717, 1.165) is 63.1 Å². The summed E-state index contributed by atoms with van der Waals surface area (Å²) < 4.78 is 22.0. The maximum Gasteiger partial charge on any atom is 0.386 e. The molecular formula is C39H48O9. The number of carbonyl (C=O) groups excluding carboxylic acids is 3. The lowest BCUT2D eigenvalue weighted by atomic mass is 9.90. The molecule has 0 aliphatic carbocycles. The van der Waals surface area contributed by atoms with Crippen LogP contribution in [0.1, 0.15) is 104 Å². The zero-order valence-corrected chi connectivity index (χ0v) is 28.2. The number of hydrogen-bond donors (Lipinski definition) is 0. The van der Waals surface area contributed by atoms with Crippen LogP contribution in [0.3, 0.4) is 0 Å². The van der Waals surface area contributed by atoms with E-state index in [9.17, 15) is 14.4 Å². The molecule has 1 aliphatic heterocycles. The van der Waals surface area contributed by atoms with Crippen LogP contribution < -0.4 is 4.74 Å². The van der Waals surface area contributed by atoms with Gasteiger partial charge in [0.25, 0.3) is 0 Å². The Morgan fingerprint density at radius 2 is 1.35 bits per heavy atom. The van der Waals surface area contributed by atoms with Gasteiger partial charge in [-0.3, -0.25) is 4.79 Å². The molecule has 9 heteroatoms. The zero-order valence-electron chi connectivity index (χ0n) is 28.2. The Kier molecular flexibility index (Phi) is 15.4. The summed E-state index contributed by atoms with van der Waals surface area (Å²) in [4.78, 5) is 47.7. The van der Waals surface area contributed by atoms with Crippen molar-refractivity contribution < 1.29 is 43.1 Å². The Hall–Kier alpha value is -4.21. The Labute approximate surface area is 283 Å². The molecule has 1 fully saturated rings. The molecule has 0 aromatic heterocycles. The van der Waals surface area contributed by atoms with Crippen molar-refractivity contribution in [1.29, 1.82) is 0 Å². The molecule has 9 nitrogen and oxygen atoms in total. The average molecular weight is 661 g/mol. The number of esters is 1. The molecule has 1 heterocycles. The molecule has 1 aliphatic rings. The van der Waals surface area contributed by atoms with Gasteiger partial charge in [-0.05, 0) is 99.0 Å². The van der Waals surface area contributed by atoms with Crippen molar-refractivity contribution in [1.82, 2.24) is 0 Å². The van der Waals surface area contributed by atoms with Gasteiger partial charge in [-0.25, -0.2) is 19.4 Å². The minimum absolute atomic E-state index is 0.132. The standard InChI is InChI=1S/C39H48O9/c1-3-44-37(40)29(2)36-27-32(20-23-35(36)30-15-9-8-10-16-30)39(42)48-47-38(41)31-18-21-33(22-19-31)45-26-13-7-5-4-6-12-24-43-25-14-11-17-34-28-46-34/h8-10,15-16,18-23,27,29,34H,3-7,11-14,17,24-26,28H2,1-2H3. The van der Waals surface area contributed by atoms with Gasteiger partial charge in [-0.2, -0.15) is 0 Å². The first-order chi connectivity index (χ1) is 23.5. The summed E-state index contributed by atoms with van der Waals surface area (Å²) in [6.45, 7) is 6.93. The Bertz CT molecular complexity index is 1420. The fourth-order valence-corrected chi connectivity index (χ4v) is 5.30. The van der Waals surface area contributed by atoms with E-state index in [1.165, 1.54) is 25.7 Å². The van der Waals surface area contributed by atoms with Gasteiger partial charge in [0.15, 0.2) is 0 Å². The van der Waals surface area contributed by atoms with Gasteiger partial charge < -0.3 is 18.9 Å². The van der Waals surface area contributed by atoms with Gasteiger partial charge in [0.2, 0.25) is 0 Å². The smallest absolute Gasteiger partial charge is 0.386 e. The highest BCUT2D eigenvalue weighted by Crippen LogP contribution is 2.31. The van der Waals surface area contributed by atoms with E-state index in [1.54, 1.807) is 56.3 Å². The third kappa shape index (κ3) is 12.4. The van der Waals surface area contributed by atoms with Crippen molar-refractivity contribution >= 4 is 17.9 Å². The van der Waals surface area contributed by atoms with E-state index in [1.807, 2.05) is 30.3 Å². The maximum atomic E-state index is 12.8. The maximum absolute atomic E-state index is 12.8. The van der Waals surface area contributed by atoms with Crippen LogP contribution in [0.5, 0.6) is 5.75 Å². The van der Waals surface area contributed by atoms with Gasteiger partial charge in [0.1, 0.15) is 5.75 Å². The molecular weight excluding hydrogens is 612 g/mol. The molecule has 2 atom stereocenters. The van der Waals surface area contributed by atoms with Crippen LogP contribution in [-0.4, -0.2) is 57.0 Å². The summed E-state index contributed by atoms with van der Waals surface area (Å²) in [6, 6.07) is 20.9. The third-order valence-electron chi connectivity index (χ3n) is 8.18. The second-order valence-corrected chi connectivity index (χ2v) is 11.9. The summed E-state index contributed by atoms with van der Waals surface area (Å²) in [5.41, 5.74) is 2.61. The molecule has 1 saturated heterocycles. The quantitative estimate of drug-likeness (QED) is 0.0367. The highest BCUT2D eigenvalue weighted by atomic mass is 17.2. The molecule has 4 rings (SSSR count). The normalized spacial score (nSPS) is 14.2.